The maximum atomic E-state index is 12.2. The molecule has 0 saturated heterocycles. The molecule has 0 aliphatic rings. The van der Waals surface area contributed by atoms with Crippen LogP contribution in [0.15, 0.2) is 24.3 Å². The number of hydrogen-bond acceptors (Lipinski definition) is 2. The van der Waals surface area contributed by atoms with Gasteiger partial charge in [-0.1, -0.05) is 38.8 Å². The Hall–Kier alpha value is -1.31. The SMILES string of the molecule is CCCC(CCC)C(=O)CCc1ccc(OC)cc1. The van der Waals surface area contributed by atoms with Crippen molar-refractivity contribution in [2.75, 3.05) is 7.11 Å². The average Bonchev–Trinajstić information content (AvgIpc) is 2.45. The normalized spacial score (nSPS) is 10.7. The molecule has 0 saturated carbocycles. The minimum Gasteiger partial charge on any atom is -0.497 e. The van der Waals surface area contributed by atoms with E-state index in [2.05, 4.69) is 13.8 Å². The Morgan fingerprint density at radius 1 is 1.11 bits per heavy atom. The molecule has 106 valence electrons. The standard InChI is InChI=1S/C17H26O2/c1-4-6-15(7-5-2)17(18)13-10-14-8-11-16(19-3)12-9-14/h8-9,11-12,15H,4-7,10,13H2,1-3H3. The molecule has 0 aliphatic carbocycles. The van der Waals surface area contributed by atoms with Gasteiger partial charge in [0.1, 0.15) is 11.5 Å². The van der Waals surface area contributed by atoms with Crippen LogP contribution in [0, 0.1) is 5.92 Å². The first-order chi connectivity index (χ1) is 9.21. The summed E-state index contributed by atoms with van der Waals surface area (Å²) >= 11 is 0. The van der Waals surface area contributed by atoms with Gasteiger partial charge in [-0.05, 0) is 37.0 Å². The lowest BCUT2D eigenvalue weighted by molar-refractivity contribution is -0.123. The van der Waals surface area contributed by atoms with Crippen molar-refractivity contribution in [1.29, 1.82) is 0 Å². The van der Waals surface area contributed by atoms with Crippen molar-refractivity contribution in [2.45, 2.75) is 52.4 Å². The van der Waals surface area contributed by atoms with E-state index in [9.17, 15) is 4.79 Å². The summed E-state index contributed by atoms with van der Waals surface area (Å²) in [6.07, 6.45) is 5.77. The number of Topliss-reactive ketones (excluding diaryl/α,β-unsaturated/α-hetero) is 1. The molecule has 0 fully saturated rings. The Labute approximate surface area is 117 Å². The topological polar surface area (TPSA) is 26.3 Å². The second-order valence-electron chi connectivity index (χ2n) is 5.09. The molecule has 0 bridgehead atoms. The van der Waals surface area contributed by atoms with Crippen LogP contribution < -0.4 is 4.74 Å². The lowest BCUT2D eigenvalue weighted by atomic mass is 9.90. The van der Waals surface area contributed by atoms with Crippen molar-refractivity contribution < 1.29 is 9.53 Å². The molecule has 0 atom stereocenters. The third kappa shape index (κ3) is 5.46. The van der Waals surface area contributed by atoms with Gasteiger partial charge in [-0.3, -0.25) is 4.79 Å². The van der Waals surface area contributed by atoms with Gasteiger partial charge in [-0.25, -0.2) is 0 Å². The second-order valence-corrected chi connectivity index (χ2v) is 5.09. The highest BCUT2D eigenvalue weighted by molar-refractivity contribution is 5.81. The highest BCUT2D eigenvalue weighted by Crippen LogP contribution is 2.18. The fraction of sp³-hybridized carbons (Fsp3) is 0.588. The number of ketones is 1. The molecule has 1 aromatic carbocycles. The third-order valence-electron chi connectivity index (χ3n) is 3.55. The van der Waals surface area contributed by atoms with E-state index in [4.69, 9.17) is 4.74 Å². The third-order valence-corrected chi connectivity index (χ3v) is 3.55. The Balaban J connectivity index is 2.46. The van der Waals surface area contributed by atoms with Gasteiger partial charge in [0.15, 0.2) is 0 Å². The van der Waals surface area contributed by atoms with E-state index in [1.807, 2.05) is 24.3 Å². The summed E-state index contributed by atoms with van der Waals surface area (Å²) in [5.74, 6) is 1.57. The van der Waals surface area contributed by atoms with Gasteiger partial charge in [0, 0.05) is 12.3 Å². The predicted octanol–water partition coefficient (Wildman–Crippen LogP) is 4.41. The van der Waals surface area contributed by atoms with E-state index in [-0.39, 0.29) is 5.92 Å². The zero-order chi connectivity index (χ0) is 14.1. The summed E-state index contributed by atoms with van der Waals surface area (Å²) in [6.45, 7) is 4.30. The van der Waals surface area contributed by atoms with Gasteiger partial charge >= 0.3 is 0 Å². The van der Waals surface area contributed by atoms with Crippen LogP contribution in [-0.2, 0) is 11.2 Å². The smallest absolute Gasteiger partial charge is 0.136 e. The number of carbonyl (C=O) groups excluding carboxylic acids is 1. The van der Waals surface area contributed by atoms with Crippen molar-refractivity contribution in [3.8, 4) is 5.75 Å². The molecule has 1 aromatic rings. The molecule has 0 aliphatic heterocycles. The van der Waals surface area contributed by atoms with Crippen LogP contribution >= 0.6 is 0 Å². The van der Waals surface area contributed by atoms with E-state index in [0.717, 1.165) is 37.9 Å². The van der Waals surface area contributed by atoms with E-state index < -0.39 is 0 Å². The number of methoxy groups -OCH3 is 1. The van der Waals surface area contributed by atoms with Gasteiger partial charge < -0.3 is 4.74 Å². The minimum absolute atomic E-state index is 0.272. The molecule has 1 rings (SSSR count). The minimum atomic E-state index is 0.272. The average molecular weight is 262 g/mol. The number of hydrogen-bond donors (Lipinski definition) is 0. The highest BCUT2D eigenvalue weighted by Gasteiger charge is 2.16. The Morgan fingerprint density at radius 3 is 2.16 bits per heavy atom. The summed E-state index contributed by atoms with van der Waals surface area (Å²) in [6, 6.07) is 7.99. The lowest BCUT2D eigenvalue weighted by Crippen LogP contribution is -2.15. The molecule has 19 heavy (non-hydrogen) atoms. The molecule has 0 radical (unpaired) electrons. The van der Waals surface area contributed by atoms with Crippen LogP contribution in [-0.4, -0.2) is 12.9 Å². The largest absolute Gasteiger partial charge is 0.497 e. The first-order valence-corrected chi connectivity index (χ1v) is 7.36. The predicted molar refractivity (Wildman–Crippen MR) is 79.6 cm³/mol. The molecule has 0 spiro atoms. The zero-order valence-corrected chi connectivity index (χ0v) is 12.4. The van der Waals surface area contributed by atoms with Crippen LogP contribution in [0.3, 0.4) is 0 Å². The van der Waals surface area contributed by atoms with Crippen LogP contribution in [0.5, 0.6) is 5.75 Å². The summed E-state index contributed by atoms with van der Waals surface area (Å²) in [7, 11) is 1.67. The van der Waals surface area contributed by atoms with E-state index in [1.54, 1.807) is 7.11 Å². The van der Waals surface area contributed by atoms with Gasteiger partial charge in [-0.2, -0.15) is 0 Å². The van der Waals surface area contributed by atoms with E-state index in [1.165, 1.54) is 5.56 Å². The van der Waals surface area contributed by atoms with Crippen molar-refractivity contribution in [3.05, 3.63) is 29.8 Å². The summed E-state index contributed by atoms with van der Waals surface area (Å²) in [4.78, 5) is 12.2. The van der Waals surface area contributed by atoms with Crippen molar-refractivity contribution in [1.82, 2.24) is 0 Å². The molecule has 0 heterocycles. The van der Waals surface area contributed by atoms with Crippen LogP contribution in [0.25, 0.3) is 0 Å². The molecule has 0 N–H and O–H groups in total. The van der Waals surface area contributed by atoms with Crippen molar-refractivity contribution in [3.63, 3.8) is 0 Å². The molecule has 0 amide bonds. The second kappa shape index (κ2) is 8.73. The van der Waals surface area contributed by atoms with Gasteiger partial charge in [0.05, 0.1) is 7.11 Å². The molecular weight excluding hydrogens is 236 g/mol. The summed E-state index contributed by atoms with van der Waals surface area (Å²) in [5.41, 5.74) is 1.21. The Bertz CT molecular complexity index is 361. The first kappa shape index (κ1) is 15.7. The Morgan fingerprint density at radius 2 is 1.68 bits per heavy atom. The maximum Gasteiger partial charge on any atom is 0.136 e. The number of ether oxygens (including phenoxy) is 1. The van der Waals surface area contributed by atoms with E-state index in [0.29, 0.717) is 12.2 Å². The number of benzene rings is 1. The molecule has 0 unspecified atom stereocenters. The van der Waals surface area contributed by atoms with Gasteiger partial charge in [0.25, 0.3) is 0 Å². The monoisotopic (exact) mass is 262 g/mol. The van der Waals surface area contributed by atoms with Crippen molar-refractivity contribution >= 4 is 5.78 Å². The maximum absolute atomic E-state index is 12.2. The molecule has 2 nitrogen and oxygen atoms in total. The molecular formula is C17H26O2. The zero-order valence-electron chi connectivity index (χ0n) is 12.4. The van der Waals surface area contributed by atoms with E-state index >= 15 is 0 Å². The number of rotatable bonds is 9. The lowest BCUT2D eigenvalue weighted by Gasteiger charge is -2.13. The number of carbonyl (C=O) groups is 1. The van der Waals surface area contributed by atoms with Crippen LogP contribution in [0.2, 0.25) is 0 Å². The fourth-order valence-electron chi connectivity index (χ4n) is 2.43. The Kier molecular flexibility index (Phi) is 7.24. The molecule has 2 heteroatoms. The fourth-order valence-corrected chi connectivity index (χ4v) is 2.43. The van der Waals surface area contributed by atoms with Crippen LogP contribution in [0.4, 0.5) is 0 Å². The summed E-state index contributed by atoms with van der Waals surface area (Å²) in [5, 5.41) is 0. The quantitative estimate of drug-likeness (QED) is 0.658. The van der Waals surface area contributed by atoms with Crippen molar-refractivity contribution in [2.24, 2.45) is 5.92 Å². The van der Waals surface area contributed by atoms with Gasteiger partial charge in [0.2, 0.25) is 0 Å². The molecule has 0 aromatic heterocycles. The first-order valence-electron chi connectivity index (χ1n) is 7.36. The van der Waals surface area contributed by atoms with Gasteiger partial charge in [-0.15, -0.1) is 0 Å². The summed E-state index contributed by atoms with van der Waals surface area (Å²) < 4.78 is 5.13. The number of aryl methyl sites for hydroxylation is 1. The highest BCUT2D eigenvalue weighted by atomic mass is 16.5. The van der Waals surface area contributed by atoms with Crippen LogP contribution in [0.1, 0.15) is 51.5 Å².